The highest BCUT2D eigenvalue weighted by molar-refractivity contribution is 5.86. The zero-order chi connectivity index (χ0) is 22.2. The van der Waals surface area contributed by atoms with Crippen LogP contribution in [0.2, 0.25) is 0 Å². The molecule has 1 saturated heterocycles. The number of pyridine rings is 1. The minimum absolute atomic E-state index is 0.0240. The summed E-state index contributed by atoms with van der Waals surface area (Å²) in [6, 6.07) is 13.0. The van der Waals surface area contributed by atoms with E-state index < -0.39 is 0 Å². The van der Waals surface area contributed by atoms with Gasteiger partial charge in [-0.1, -0.05) is 38.1 Å². The van der Waals surface area contributed by atoms with Crippen molar-refractivity contribution < 1.29 is 9.59 Å². The monoisotopic (exact) mass is 420 g/mol. The van der Waals surface area contributed by atoms with E-state index in [0.29, 0.717) is 25.6 Å². The normalized spacial score (nSPS) is 22.2. The van der Waals surface area contributed by atoms with Crippen molar-refractivity contribution in [3.63, 3.8) is 0 Å². The smallest absolute Gasteiger partial charge is 0.226 e. The summed E-state index contributed by atoms with van der Waals surface area (Å²) < 4.78 is 0. The second kappa shape index (κ2) is 8.33. The van der Waals surface area contributed by atoms with Gasteiger partial charge in [0, 0.05) is 44.4 Å². The van der Waals surface area contributed by atoms with Gasteiger partial charge in [0.25, 0.3) is 0 Å². The summed E-state index contributed by atoms with van der Waals surface area (Å²) in [5.41, 5.74) is 4.69. The molecule has 6 nitrogen and oxygen atoms in total. The number of hydrogen-bond donors (Lipinski definition) is 1. The van der Waals surface area contributed by atoms with Crippen molar-refractivity contribution in [1.82, 2.24) is 14.8 Å². The molecular weight excluding hydrogens is 388 g/mol. The lowest BCUT2D eigenvalue weighted by Gasteiger charge is -2.30. The van der Waals surface area contributed by atoms with Crippen molar-refractivity contribution in [1.29, 1.82) is 0 Å². The Labute approximate surface area is 184 Å². The van der Waals surface area contributed by atoms with Gasteiger partial charge in [-0.25, -0.2) is 0 Å². The van der Waals surface area contributed by atoms with Crippen molar-refractivity contribution in [2.45, 2.75) is 51.1 Å². The molecule has 164 valence electrons. The number of carbonyl (C=O) groups excluding carboxylic acids is 2. The number of hydrogen-bond acceptors (Lipinski definition) is 4. The van der Waals surface area contributed by atoms with Crippen molar-refractivity contribution in [2.24, 2.45) is 5.92 Å². The molecule has 2 unspecified atom stereocenters. The maximum atomic E-state index is 12.7. The van der Waals surface area contributed by atoms with E-state index in [0.717, 1.165) is 24.2 Å². The van der Waals surface area contributed by atoms with E-state index in [1.165, 1.54) is 11.1 Å². The fourth-order valence-electron chi connectivity index (χ4n) is 4.81. The minimum Gasteiger partial charge on any atom is -0.380 e. The summed E-state index contributed by atoms with van der Waals surface area (Å²) in [7, 11) is 3.58. The van der Waals surface area contributed by atoms with E-state index in [9.17, 15) is 9.59 Å². The number of fused-ring (bicyclic) bond motifs is 1. The average molecular weight is 421 g/mol. The lowest BCUT2D eigenvalue weighted by Crippen LogP contribution is -2.42. The SMILES string of the molecule is CN1CCC(C(=O)N(C)Cc2ccc(NC3Cc4ccccc4C3(C)C)cn2)CC1=O. The molecule has 4 rings (SSSR count). The third-order valence-electron chi connectivity index (χ3n) is 6.96. The molecule has 1 N–H and O–H groups in total. The van der Waals surface area contributed by atoms with Gasteiger partial charge in [-0.3, -0.25) is 14.6 Å². The summed E-state index contributed by atoms with van der Waals surface area (Å²) in [6.45, 7) is 5.66. The lowest BCUT2D eigenvalue weighted by molar-refractivity contribution is -0.143. The van der Waals surface area contributed by atoms with Crippen molar-refractivity contribution in [3.05, 3.63) is 59.4 Å². The molecule has 1 aliphatic heterocycles. The van der Waals surface area contributed by atoms with Crippen LogP contribution in [0.25, 0.3) is 0 Å². The summed E-state index contributed by atoms with van der Waals surface area (Å²) in [5.74, 6) is -0.152. The Hall–Kier alpha value is -2.89. The molecule has 1 aromatic heterocycles. The van der Waals surface area contributed by atoms with Gasteiger partial charge in [0.05, 0.1) is 24.1 Å². The Bertz CT molecular complexity index is 970. The van der Waals surface area contributed by atoms with Gasteiger partial charge in [0.15, 0.2) is 0 Å². The van der Waals surface area contributed by atoms with Crippen LogP contribution in [0.5, 0.6) is 0 Å². The number of nitrogens with zero attached hydrogens (tertiary/aromatic N) is 3. The Balaban J connectivity index is 1.36. The highest BCUT2D eigenvalue weighted by Crippen LogP contribution is 2.39. The fourth-order valence-corrected chi connectivity index (χ4v) is 4.81. The van der Waals surface area contributed by atoms with Gasteiger partial charge in [0.2, 0.25) is 11.8 Å². The van der Waals surface area contributed by atoms with Crippen LogP contribution < -0.4 is 5.32 Å². The van der Waals surface area contributed by atoms with Gasteiger partial charge in [-0.15, -0.1) is 0 Å². The molecule has 1 fully saturated rings. The Morgan fingerprint density at radius 3 is 2.68 bits per heavy atom. The zero-order valence-electron chi connectivity index (χ0n) is 18.9. The standard InChI is InChI=1S/C25H32N4O2/c1-25(2)21-8-6-5-7-17(21)13-22(25)27-19-9-10-20(26-15-19)16-29(4)24(31)18-11-12-28(3)23(30)14-18/h5-10,15,18,22,27H,11-14,16H2,1-4H3. The molecule has 0 spiro atoms. The van der Waals surface area contributed by atoms with Crippen molar-refractivity contribution in [2.75, 3.05) is 26.0 Å². The first kappa shape index (κ1) is 21.3. The maximum Gasteiger partial charge on any atom is 0.226 e. The molecular formula is C25H32N4O2. The number of piperidine rings is 1. The average Bonchev–Trinajstić information content (AvgIpc) is 3.01. The molecule has 2 heterocycles. The largest absolute Gasteiger partial charge is 0.380 e. The summed E-state index contributed by atoms with van der Waals surface area (Å²) in [4.78, 5) is 32.6. The van der Waals surface area contributed by atoms with Crippen LogP contribution >= 0.6 is 0 Å². The quantitative estimate of drug-likeness (QED) is 0.807. The molecule has 2 aliphatic rings. The Morgan fingerprint density at radius 2 is 2.00 bits per heavy atom. The first-order valence-corrected chi connectivity index (χ1v) is 11.0. The fraction of sp³-hybridized carbons (Fsp3) is 0.480. The van der Waals surface area contributed by atoms with Crippen LogP contribution in [0.15, 0.2) is 42.6 Å². The third kappa shape index (κ3) is 4.29. The summed E-state index contributed by atoms with van der Waals surface area (Å²) in [6.07, 6.45) is 3.88. The van der Waals surface area contributed by atoms with Crippen molar-refractivity contribution >= 4 is 17.5 Å². The molecule has 2 amide bonds. The lowest BCUT2D eigenvalue weighted by atomic mass is 9.83. The number of nitrogens with one attached hydrogen (secondary N) is 1. The van der Waals surface area contributed by atoms with E-state index in [4.69, 9.17) is 0 Å². The van der Waals surface area contributed by atoms with E-state index in [-0.39, 0.29) is 23.1 Å². The topological polar surface area (TPSA) is 65.5 Å². The number of aromatic nitrogens is 1. The molecule has 6 heteroatoms. The number of benzene rings is 1. The van der Waals surface area contributed by atoms with Crippen LogP contribution in [0.4, 0.5) is 5.69 Å². The predicted octanol–water partition coefficient (Wildman–Crippen LogP) is 3.22. The molecule has 0 saturated carbocycles. The first-order chi connectivity index (χ1) is 14.8. The third-order valence-corrected chi connectivity index (χ3v) is 6.96. The van der Waals surface area contributed by atoms with Gasteiger partial charge in [0.1, 0.15) is 0 Å². The van der Waals surface area contributed by atoms with Crippen LogP contribution in [-0.4, -0.2) is 53.3 Å². The van der Waals surface area contributed by atoms with Gasteiger partial charge < -0.3 is 15.1 Å². The molecule has 2 atom stereocenters. The number of amides is 2. The maximum absolute atomic E-state index is 12.7. The number of anilines is 1. The van der Waals surface area contributed by atoms with Crippen LogP contribution in [0, 0.1) is 5.92 Å². The highest BCUT2D eigenvalue weighted by atomic mass is 16.2. The molecule has 1 aliphatic carbocycles. The van der Waals surface area contributed by atoms with E-state index >= 15 is 0 Å². The highest BCUT2D eigenvalue weighted by Gasteiger charge is 2.39. The van der Waals surface area contributed by atoms with Crippen LogP contribution in [0.3, 0.4) is 0 Å². The Kier molecular flexibility index (Phi) is 5.73. The number of carbonyl (C=O) groups is 2. The Morgan fingerprint density at radius 1 is 1.23 bits per heavy atom. The van der Waals surface area contributed by atoms with Gasteiger partial charge >= 0.3 is 0 Å². The second-order valence-electron chi connectivity index (χ2n) is 9.52. The minimum atomic E-state index is -0.221. The number of likely N-dealkylation sites (tertiary alicyclic amines) is 1. The van der Waals surface area contributed by atoms with Crippen LogP contribution in [0.1, 0.15) is 43.5 Å². The molecule has 2 aromatic rings. The summed E-state index contributed by atoms with van der Waals surface area (Å²) >= 11 is 0. The second-order valence-corrected chi connectivity index (χ2v) is 9.52. The van der Waals surface area contributed by atoms with E-state index in [2.05, 4.69) is 48.4 Å². The summed E-state index contributed by atoms with van der Waals surface area (Å²) in [5, 5.41) is 3.66. The van der Waals surface area contributed by atoms with Gasteiger partial charge in [-0.2, -0.15) is 0 Å². The first-order valence-electron chi connectivity index (χ1n) is 11.0. The predicted molar refractivity (Wildman–Crippen MR) is 122 cm³/mol. The zero-order valence-corrected chi connectivity index (χ0v) is 18.9. The van der Waals surface area contributed by atoms with Gasteiger partial charge in [-0.05, 0) is 36.1 Å². The van der Waals surface area contributed by atoms with E-state index in [1.54, 1.807) is 23.9 Å². The molecule has 0 radical (unpaired) electrons. The molecule has 0 bridgehead atoms. The molecule has 1 aromatic carbocycles. The van der Waals surface area contributed by atoms with Crippen molar-refractivity contribution in [3.8, 4) is 0 Å². The van der Waals surface area contributed by atoms with Crippen LogP contribution in [-0.2, 0) is 28.0 Å². The van der Waals surface area contributed by atoms with E-state index in [1.807, 2.05) is 18.3 Å². The molecule has 31 heavy (non-hydrogen) atoms. The number of rotatable bonds is 5.